The molecule has 7 heteroatoms. The van der Waals surface area contributed by atoms with Crippen LogP contribution in [-0.4, -0.2) is 27.7 Å². The minimum Gasteiger partial charge on any atom is -0.504 e. The molecule has 0 bridgehead atoms. The molecule has 3 rings (SSSR count). The van der Waals surface area contributed by atoms with Gasteiger partial charge in [0.2, 0.25) is 5.91 Å². The Kier molecular flexibility index (Phi) is 5.64. The number of ether oxygens (including phenoxy) is 2. The molecule has 0 radical (unpaired) electrons. The zero-order chi connectivity index (χ0) is 20.1. The van der Waals surface area contributed by atoms with Crippen molar-refractivity contribution >= 4 is 17.6 Å². The molecular weight excluding hydrogens is 358 g/mol. The number of phenols is 1. The minimum atomic E-state index is -0.587. The Morgan fingerprint density at radius 2 is 2.11 bits per heavy atom. The van der Waals surface area contributed by atoms with Crippen LogP contribution in [0.15, 0.2) is 54.9 Å². The molecule has 0 atom stereocenters. The van der Waals surface area contributed by atoms with Gasteiger partial charge in [-0.05, 0) is 41.5 Å². The molecule has 3 N–H and O–H groups in total. The van der Waals surface area contributed by atoms with Crippen molar-refractivity contribution in [3.8, 4) is 17.2 Å². The fourth-order valence-corrected chi connectivity index (χ4v) is 2.70. The number of aryl methyl sites for hydroxylation is 1. The third kappa shape index (κ3) is 4.32. The van der Waals surface area contributed by atoms with E-state index in [4.69, 9.17) is 15.2 Å². The number of amides is 1. The first-order valence-corrected chi connectivity index (χ1v) is 8.56. The van der Waals surface area contributed by atoms with Gasteiger partial charge in [0.15, 0.2) is 11.5 Å². The number of aromatic hydroxyl groups is 1. The molecule has 0 aliphatic rings. The summed E-state index contributed by atoms with van der Waals surface area (Å²) in [6.07, 6.45) is 5.15. The second-order valence-electron chi connectivity index (χ2n) is 6.12. The van der Waals surface area contributed by atoms with Crippen LogP contribution in [0.25, 0.3) is 11.6 Å². The van der Waals surface area contributed by atoms with Gasteiger partial charge < -0.3 is 24.9 Å². The summed E-state index contributed by atoms with van der Waals surface area (Å²) >= 11 is 0. The molecule has 1 heterocycles. The lowest BCUT2D eigenvalue weighted by Gasteiger charge is -2.10. The summed E-state index contributed by atoms with van der Waals surface area (Å²) < 4.78 is 12.7. The Hall–Kier alpha value is -3.74. The number of rotatable bonds is 7. The number of nitrogens with two attached hydrogens (primary N) is 1. The van der Waals surface area contributed by atoms with E-state index in [0.717, 1.165) is 5.82 Å². The molecule has 2 aromatic carbocycles. The monoisotopic (exact) mass is 379 g/mol. The fraction of sp³-hybridized carbons (Fsp3) is 0.143. The summed E-state index contributed by atoms with van der Waals surface area (Å²) in [5, 5.41) is 9.94. The van der Waals surface area contributed by atoms with Gasteiger partial charge in [0.25, 0.3) is 0 Å². The Morgan fingerprint density at radius 1 is 1.29 bits per heavy atom. The van der Waals surface area contributed by atoms with Crippen LogP contribution in [-0.2, 0) is 18.4 Å². The molecule has 1 aromatic heterocycles. The molecule has 0 saturated carbocycles. The average molecular weight is 379 g/mol. The highest BCUT2D eigenvalue weighted by Crippen LogP contribution is 2.29. The Balaban J connectivity index is 1.87. The SMILES string of the molecule is COc1ccc(/C=C(/C(N)=O)c2cccc(OCc3nccn3C)c2)cc1O. The molecule has 0 spiro atoms. The maximum absolute atomic E-state index is 12.0. The van der Waals surface area contributed by atoms with Gasteiger partial charge in [0.1, 0.15) is 18.2 Å². The number of phenolic OH excluding ortho intramolecular Hbond substituents is 1. The van der Waals surface area contributed by atoms with Crippen molar-refractivity contribution in [3.63, 3.8) is 0 Å². The van der Waals surface area contributed by atoms with Crippen LogP contribution in [0.4, 0.5) is 0 Å². The molecule has 0 unspecified atom stereocenters. The van der Waals surface area contributed by atoms with Crippen molar-refractivity contribution in [2.24, 2.45) is 12.8 Å². The van der Waals surface area contributed by atoms with Gasteiger partial charge in [0, 0.05) is 25.0 Å². The summed E-state index contributed by atoms with van der Waals surface area (Å²) in [5.41, 5.74) is 7.11. The van der Waals surface area contributed by atoms with Gasteiger partial charge in [0.05, 0.1) is 7.11 Å². The predicted octanol–water partition coefficient (Wildman–Crippen LogP) is 2.74. The van der Waals surface area contributed by atoms with Crippen molar-refractivity contribution in [1.29, 1.82) is 0 Å². The lowest BCUT2D eigenvalue weighted by molar-refractivity contribution is -0.112. The van der Waals surface area contributed by atoms with Crippen LogP contribution in [0.2, 0.25) is 0 Å². The summed E-state index contributed by atoms with van der Waals surface area (Å²) in [6, 6.07) is 11.9. The van der Waals surface area contributed by atoms with Gasteiger partial charge in [-0.2, -0.15) is 0 Å². The van der Waals surface area contributed by atoms with E-state index in [0.29, 0.717) is 34.8 Å². The van der Waals surface area contributed by atoms with Gasteiger partial charge >= 0.3 is 0 Å². The van der Waals surface area contributed by atoms with E-state index in [9.17, 15) is 9.90 Å². The number of carbonyl (C=O) groups excluding carboxylic acids is 1. The number of primary amides is 1. The van der Waals surface area contributed by atoms with Crippen LogP contribution < -0.4 is 15.2 Å². The second kappa shape index (κ2) is 8.30. The molecular formula is C21H21N3O4. The molecule has 0 aliphatic carbocycles. The van der Waals surface area contributed by atoms with Crippen LogP contribution in [0.1, 0.15) is 17.0 Å². The number of hydrogen-bond acceptors (Lipinski definition) is 5. The number of hydrogen-bond donors (Lipinski definition) is 2. The standard InChI is InChI=1S/C21H21N3O4/c1-24-9-8-23-20(24)13-28-16-5-3-4-15(12-16)17(21(22)26)10-14-6-7-19(27-2)18(25)11-14/h3-12,25H,13H2,1-2H3,(H2,22,26)/b17-10+. The van der Waals surface area contributed by atoms with Crippen LogP contribution in [0.5, 0.6) is 17.2 Å². The first-order chi connectivity index (χ1) is 13.5. The molecule has 0 saturated heterocycles. The van der Waals surface area contributed by atoms with Crippen LogP contribution in [0.3, 0.4) is 0 Å². The molecule has 0 fully saturated rings. The molecule has 0 aliphatic heterocycles. The Bertz CT molecular complexity index is 1020. The topological polar surface area (TPSA) is 99.6 Å². The van der Waals surface area contributed by atoms with E-state index >= 15 is 0 Å². The smallest absolute Gasteiger partial charge is 0.249 e. The zero-order valence-electron chi connectivity index (χ0n) is 15.6. The predicted molar refractivity (Wildman–Crippen MR) is 106 cm³/mol. The highest BCUT2D eigenvalue weighted by molar-refractivity contribution is 6.23. The van der Waals surface area contributed by atoms with E-state index in [1.807, 2.05) is 17.8 Å². The second-order valence-corrected chi connectivity index (χ2v) is 6.12. The van der Waals surface area contributed by atoms with Crippen molar-refractivity contribution in [1.82, 2.24) is 9.55 Å². The number of benzene rings is 2. The molecule has 3 aromatic rings. The van der Waals surface area contributed by atoms with Crippen molar-refractivity contribution in [2.45, 2.75) is 6.61 Å². The summed E-state index contributed by atoms with van der Waals surface area (Å²) in [7, 11) is 3.36. The van der Waals surface area contributed by atoms with E-state index in [1.54, 1.807) is 48.7 Å². The quantitative estimate of drug-likeness (QED) is 0.486. The highest BCUT2D eigenvalue weighted by Gasteiger charge is 2.11. The number of carbonyl (C=O) groups is 1. The van der Waals surface area contributed by atoms with Crippen LogP contribution >= 0.6 is 0 Å². The first-order valence-electron chi connectivity index (χ1n) is 8.56. The number of aromatic nitrogens is 2. The van der Waals surface area contributed by atoms with E-state index in [-0.39, 0.29) is 5.75 Å². The lowest BCUT2D eigenvalue weighted by Crippen LogP contribution is -2.13. The van der Waals surface area contributed by atoms with Crippen molar-refractivity contribution in [3.05, 3.63) is 71.8 Å². The highest BCUT2D eigenvalue weighted by atomic mass is 16.5. The van der Waals surface area contributed by atoms with Crippen LogP contribution in [0, 0.1) is 0 Å². The van der Waals surface area contributed by atoms with E-state index in [1.165, 1.54) is 13.2 Å². The van der Waals surface area contributed by atoms with E-state index < -0.39 is 5.91 Å². The third-order valence-electron chi connectivity index (χ3n) is 4.21. The molecule has 144 valence electrons. The largest absolute Gasteiger partial charge is 0.504 e. The molecule has 28 heavy (non-hydrogen) atoms. The average Bonchev–Trinajstić information content (AvgIpc) is 3.09. The zero-order valence-corrected chi connectivity index (χ0v) is 15.6. The van der Waals surface area contributed by atoms with Gasteiger partial charge in [-0.3, -0.25) is 4.79 Å². The summed E-state index contributed by atoms with van der Waals surface area (Å²) in [5.74, 6) is 1.11. The number of imidazole rings is 1. The van der Waals surface area contributed by atoms with Gasteiger partial charge in [-0.15, -0.1) is 0 Å². The maximum atomic E-state index is 12.0. The summed E-state index contributed by atoms with van der Waals surface area (Å²) in [4.78, 5) is 16.2. The number of methoxy groups -OCH3 is 1. The minimum absolute atomic E-state index is 0.0211. The Labute approximate surface area is 162 Å². The van der Waals surface area contributed by atoms with Crippen molar-refractivity contribution in [2.75, 3.05) is 7.11 Å². The molecule has 1 amide bonds. The maximum Gasteiger partial charge on any atom is 0.249 e. The van der Waals surface area contributed by atoms with Gasteiger partial charge in [-0.1, -0.05) is 18.2 Å². The first kappa shape index (κ1) is 19.0. The Morgan fingerprint density at radius 3 is 2.75 bits per heavy atom. The normalized spacial score (nSPS) is 11.3. The van der Waals surface area contributed by atoms with E-state index in [2.05, 4.69) is 4.98 Å². The van der Waals surface area contributed by atoms with Gasteiger partial charge in [-0.25, -0.2) is 4.98 Å². The molecule has 7 nitrogen and oxygen atoms in total. The number of nitrogens with zero attached hydrogens (tertiary/aromatic N) is 2. The van der Waals surface area contributed by atoms with Crippen molar-refractivity contribution < 1.29 is 19.4 Å². The lowest BCUT2D eigenvalue weighted by atomic mass is 10.0. The summed E-state index contributed by atoms with van der Waals surface area (Å²) in [6.45, 7) is 0.301. The third-order valence-corrected chi connectivity index (χ3v) is 4.21. The fourth-order valence-electron chi connectivity index (χ4n) is 2.70.